The van der Waals surface area contributed by atoms with E-state index in [0.29, 0.717) is 17.4 Å². The van der Waals surface area contributed by atoms with E-state index in [9.17, 15) is 4.39 Å². The number of aromatic nitrogens is 2. The first kappa shape index (κ1) is 18.2. The highest BCUT2D eigenvalue weighted by atomic mass is 19.1. The van der Waals surface area contributed by atoms with Crippen LogP contribution in [-0.4, -0.2) is 35.0 Å². The number of H-pyrrole nitrogens is 1. The smallest absolute Gasteiger partial charge is 0.150 e. The SMILES string of the molecule is Cc1cc(-c2[nH]c3ccc(C4CCN(C)CC4)cc3c2C(C)C)c(F)cn1. The number of aryl methyl sites for hydroxylation is 1. The van der Waals surface area contributed by atoms with Gasteiger partial charge in [0.1, 0.15) is 0 Å². The van der Waals surface area contributed by atoms with Crippen molar-refractivity contribution >= 4 is 10.9 Å². The van der Waals surface area contributed by atoms with Crippen molar-refractivity contribution in [2.75, 3.05) is 20.1 Å². The average Bonchev–Trinajstić information content (AvgIpc) is 3.03. The molecule has 0 atom stereocenters. The molecule has 0 aliphatic carbocycles. The van der Waals surface area contributed by atoms with Gasteiger partial charge in [-0.25, -0.2) is 4.39 Å². The van der Waals surface area contributed by atoms with Gasteiger partial charge in [-0.05, 0) is 81.1 Å². The highest BCUT2D eigenvalue weighted by molar-refractivity contribution is 5.92. The number of benzene rings is 1. The minimum atomic E-state index is -0.274. The van der Waals surface area contributed by atoms with Crippen LogP contribution in [0.25, 0.3) is 22.2 Å². The Bertz CT molecular complexity index is 965. The molecule has 142 valence electrons. The topological polar surface area (TPSA) is 31.9 Å². The van der Waals surface area contributed by atoms with E-state index in [-0.39, 0.29) is 5.82 Å². The maximum absolute atomic E-state index is 14.5. The van der Waals surface area contributed by atoms with E-state index in [0.717, 1.165) is 30.0 Å². The van der Waals surface area contributed by atoms with Crippen molar-refractivity contribution in [1.82, 2.24) is 14.9 Å². The predicted molar refractivity (Wildman–Crippen MR) is 110 cm³/mol. The Hall–Kier alpha value is -2.20. The van der Waals surface area contributed by atoms with Crippen LogP contribution < -0.4 is 0 Å². The minimum Gasteiger partial charge on any atom is -0.354 e. The average molecular weight is 365 g/mol. The molecular formula is C23H28FN3. The molecule has 3 aromatic rings. The molecule has 3 nitrogen and oxygen atoms in total. The van der Waals surface area contributed by atoms with Gasteiger partial charge in [0.05, 0.1) is 11.9 Å². The van der Waals surface area contributed by atoms with Crippen LogP contribution in [0.5, 0.6) is 0 Å². The summed E-state index contributed by atoms with van der Waals surface area (Å²) in [6, 6.07) is 8.59. The Balaban J connectivity index is 1.84. The lowest BCUT2D eigenvalue weighted by molar-refractivity contribution is 0.255. The summed E-state index contributed by atoms with van der Waals surface area (Å²) in [6.45, 7) is 8.57. The summed E-state index contributed by atoms with van der Waals surface area (Å²) in [5.74, 6) is 0.642. The fourth-order valence-electron chi connectivity index (χ4n) is 4.37. The fraction of sp³-hybridized carbons (Fsp3) is 0.435. The molecule has 0 radical (unpaired) electrons. The number of aromatic amines is 1. The van der Waals surface area contributed by atoms with Crippen LogP contribution in [0.2, 0.25) is 0 Å². The predicted octanol–water partition coefficient (Wildman–Crippen LogP) is 5.61. The first-order valence-electron chi connectivity index (χ1n) is 9.90. The number of nitrogens with zero attached hydrogens (tertiary/aromatic N) is 2. The van der Waals surface area contributed by atoms with Crippen LogP contribution >= 0.6 is 0 Å². The van der Waals surface area contributed by atoms with Crippen LogP contribution in [0, 0.1) is 12.7 Å². The highest BCUT2D eigenvalue weighted by Crippen LogP contribution is 2.38. The van der Waals surface area contributed by atoms with Gasteiger partial charge in [0.2, 0.25) is 0 Å². The second-order valence-corrected chi connectivity index (χ2v) is 8.26. The molecule has 1 aliphatic rings. The summed E-state index contributed by atoms with van der Waals surface area (Å²) in [5.41, 5.74) is 6.02. The normalized spacial score (nSPS) is 16.5. The molecule has 1 fully saturated rings. The van der Waals surface area contributed by atoms with Gasteiger partial charge in [0.15, 0.2) is 5.82 Å². The third-order valence-electron chi connectivity index (χ3n) is 5.89. The van der Waals surface area contributed by atoms with Gasteiger partial charge in [-0.2, -0.15) is 0 Å². The number of fused-ring (bicyclic) bond motifs is 1. The summed E-state index contributed by atoms with van der Waals surface area (Å²) >= 11 is 0. The van der Waals surface area contributed by atoms with Crippen molar-refractivity contribution in [2.24, 2.45) is 0 Å². The van der Waals surface area contributed by atoms with Gasteiger partial charge in [-0.1, -0.05) is 19.9 Å². The van der Waals surface area contributed by atoms with Crippen LogP contribution in [0.3, 0.4) is 0 Å². The van der Waals surface area contributed by atoms with Gasteiger partial charge in [-0.3, -0.25) is 4.98 Å². The summed E-state index contributed by atoms with van der Waals surface area (Å²) in [4.78, 5) is 9.97. The number of nitrogens with one attached hydrogen (secondary N) is 1. The maximum atomic E-state index is 14.5. The molecule has 0 bridgehead atoms. The van der Waals surface area contributed by atoms with Gasteiger partial charge in [0.25, 0.3) is 0 Å². The van der Waals surface area contributed by atoms with E-state index in [1.807, 2.05) is 13.0 Å². The van der Waals surface area contributed by atoms with Crippen molar-refractivity contribution in [3.8, 4) is 11.3 Å². The van der Waals surface area contributed by atoms with E-state index < -0.39 is 0 Å². The van der Waals surface area contributed by atoms with Gasteiger partial charge in [0, 0.05) is 22.2 Å². The zero-order chi connectivity index (χ0) is 19.1. The van der Waals surface area contributed by atoms with E-state index in [1.54, 1.807) is 0 Å². The lowest BCUT2D eigenvalue weighted by Gasteiger charge is -2.29. The van der Waals surface area contributed by atoms with Gasteiger partial charge >= 0.3 is 0 Å². The molecule has 0 unspecified atom stereocenters. The Morgan fingerprint density at radius 2 is 1.93 bits per heavy atom. The second-order valence-electron chi connectivity index (χ2n) is 8.26. The van der Waals surface area contributed by atoms with Crippen molar-refractivity contribution < 1.29 is 4.39 Å². The van der Waals surface area contributed by atoms with Crippen molar-refractivity contribution in [3.05, 3.63) is 53.1 Å². The third-order valence-corrected chi connectivity index (χ3v) is 5.89. The van der Waals surface area contributed by atoms with Gasteiger partial charge in [-0.15, -0.1) is 0 Å². The van der Waals surface area contributed by atoms with E-state index in [4.69, 9.17) is 0 Å². The van der Waals surface area contributed by atoms with E-state index in [1.165, 1.54) is 35.6 Å². The Morgan fingerprint density at radius 1 is 1.19 bits per heavy atom. The van der Waals surface area contributed by atoms with Crippen molar-refractivity contribution in [2.45, 2.75) is 45.4 Å². The summed E-state index contributed by atoms with van der Waals surface area (Å²) in [5, 5.41) is 1.23. The van der Waals surface area contributed by atoms with Crippen LogP contribution in [0.1, 0.15) is 55.3 Å². The molecule has 3 heterocycles. The third kappa shape index (κ3) is 3.39. The molecule has 0 saturated carbocycles. The highest BCUT2D eigenvalue weighted by Gasteiger charge is 2.22. The monoisotopic (exact) mass is 365 g/mol. The number of piperidine rings is 1. The molecule has 27 heavy (non-hydrogen) atoms. The standard InChI is InChI=1S/C23H28FN3/c1-14(2)22-19-12-17(16-7-9-27(4)10-8-16)5-6-21(19)26-23(22)18-11-15(3)25-13-20(18)24/h5-6,11-14,16,26H,7-10H2,1-4H3. The first-order valence-corrected chi connectivity index (χ1v) is 9.90. The van der Waals surface area contributed by atoms with Gasteiger partial charge < -0.3 is 9.88 Å². The molecule has 0 spiro atoms. The molecule has 1 N–H and O–H groups in total. The molecule has 1 aliphatic heterocycles. The number of rotatable bonds is 3. The number of pyridine rings is 1. The zero-order valence-electron chi connectivity index (χ0n) is 16.6. The number of likely N-dealkylation sites (tertiary alicyclic amines) is 1. The summed E-state index contributed by atoms with van der Waals surface area (Å²) < 4.78 is 14.5. The Morgan fingerprint density at radius 3 is 2.63 bits per heavy atom. The summed E-state index contributed by atoms with van der Waals surface area (Å²) in [7, 11) is 2.19. The molecule has 4 heteroatoms. The zero-order valence-corrected chi connectivity index (χ0v) is 16.6. The minimum absolute atomic E-state index is 0.274. The lowest BCUT2D eigenvalue weighted by atomic mass is 9.87. The molecule has 1 aromatic carbocycles. The Labute approximate surface area is 160 Å². The molecular weight excluding hydrogens is 337 g/mol. The van der Waals surface area contributed by atoms with Crippen LogP contribution in [0.4, 0.5) is 4.39 Å². The fourth-order valence-corrected chi connectivity index (χ4v) is 4.37. The number of halogens is 1. The molecule has 1 saturated heterocycles. The number of hydrogen-bond acceptors (Lipinski definition) is 2. The van der Waals surface area contributed by atoms with E-state index in [2.05, 4.69) is 54.0 Å². The largest absolute Gasteiger partial charge is 0.354 e. The second kappa shape index (κ2) is 7.08. The van der Waals surface area contributed by atoms with Crippen LogP contribution in [0.15, 0.2) is 30.5 Å². The molecule has 4 rings (SSSR count). The Kier molecular flexibility index (Phi) is 4.77. The van der Waals surface area contributed by atoms with Crippen LogP contribution in [-0.2, 0) is 0 Å². The first-order chi connectivity index (χ1) is 12.9. The lowest BCUT2D eigenvalue weighted by Crippen LogP contribution is -2.29. The maximum Gasteiger partial charge on any atom is 0.150 e. The quantitative estimate of drug-likeness (QED) is 0.654. The number of hydrogen-bond donors (Lipinski definition) is 1. The van der Waals surface area contributed by atoms with Crippen molar-refractivity contribution in [3.63, 3.8) is 0 Å². The molecule has 0 amide bonds. The van der Waals surface area contributed by atoms with E-state index >= 15 is 0 Å². The summed E-state index contributed by atoms with van der Waals surface area (Å²) in [6.07, 6.45) is 3.73. The molecule has 2 aromatic heterocycles. The van der Waals surface area contributed by atoms with Crippen molar-refractivity contribution in [1.29, 1.82) is 0 Å².